The smallest absolute Gasteiger partial charge is 0.234 e. The fourth-order valence-electron chi connectivity index (χ4n) is 1.75. The van der Waals surface area contributed by atoms with E-state index >= 15 is 0 Å². The third-order valence-corrected chi connectivity index (χ3v) is 2.58. The third-order valence-electron chi connectivity index (χ3n) is 2.58. The molecule has 0 saturated heterocycles. The second-order valence-electron chi connectivity index (χ2n) is 5.26. The van der Waals surface area contributed by atoms with Crippen LogP contribution in [0.3, 0.4) is 0 Å². The first-order valence-corrected chi connectivity index (χ1v) is 6.79. The van der Waals surface area contributed by atoms with Gasteiger partial charge in [0.1, 0.15) is 0 Å². The highest BCUT2D eigenvalue weighted by Crippen LogP contribution is 2.02. The molecule has 0 spiro atoms. The maximum atomic E-state index is 11.3. The van der Waals surface area contributed by atoms with Gasteiger partial charge in [-0.05, 0) is 26.2 Å². The van der Waals surface area contributed by atoms with E-state index in [1.54, 1.807) is 0 Å². The van der Waals surface area contributed by atoms with Crippen molar-refractivity contribution in [2.45, 2.75) is 58.5 Å². The summed E-state index contributed by atoms with van der Waals surface area (Å²) >= 11 is 0. The van der Waals surface area contributed by atoms with Crippen LogP contribution in [-0.4, -0.2) is 30.4 Å². The first-order chi connectivity index (χ1) is 8.82. The van der Waals surface area contributed by atoms with E-state index in [0.29, 0.717) is 19.4 Å². The van der Waals surface area contributed by atoms with Crippen LogP contribution in [0.15, 0.2) is 12.2 Å². The first-order valence-electron chi connectivity index (χ1n) is 6.79. The standard InChI is InChI=1S/C14H27N3O2/c1-10(2)9-13(18)16-8-6-5-7-12(14(15)19)17-11(3)4/h11-12,17H,1,5-9H2,2-4H3,(H2,15,19)(H,16,18). The monoisotopic (exact) mass is 269 g/mol. The molecule has 0 aliphatic carbocycles. The van der Waals surface area contributed by atoms with Crippen LogP contribution in [0.1, 0.15) is 46.5 Å². The molecule has 19 heavy (non-hydrogen) atoms. The number of hydrogen-bond donors (Lipinski definition) is 3. The maximum Gasteiger partial charge on any atom is 0.234 e. The average Bonchev–Trinajstić information content (AvgIpc) is 2.25. The molecule has 0 rings (SSSR count). The fraction of sp³-hybridized carbons (Fsp3) is 0.714. The molecular weight excluding hydrogens is 242 g/mol. The Bertz CT molecular complexity index is 314. The number of primary amides is 1. The Labute approximate surface area is 116 Å². The minimum absolute atomic E-state index is 0.000688. The van der Waals surface area contributed by atoms with Crippen molar-refractivity contribution in [3.05, 3.63) is 12.2 Å². The molecule has 0 fully saturated rings. The SMILES string of the molecule is C=C(C)CC(=O)NCCCCC(NC(C)C)C(N)=O. The molecule has 0 aromatic rings. The summed E-state index contributed by atoms with van der Waals surface area (Å²) < 4.78 is 0. The zero-order chi connectivity index (χ0) is 14.8. The van der Waals surface area contributed by atoms with E-state index in [0.717, 1.165) is 18.4 Å². The summed E-state index contributed by atoms with van der Waals surface area (Å²) in [5.41, 5.74) is 6.18. The number of unbranched alkanes of at least 4 members (excludes halogenated alkanes) is 1. The van der Waals surface area contributed by atoms with E-state index in [1.165, 1.54) is 0 Å². The number of carbonyl (C=O) groups is 2. The number of amides is 2. The van der Waals surface area contributed by atoms with Gasteiger partial charge in [0.05, 0.1) is 6.04 Å². The lowest BCUT2D eigenvalue weighted by atomic mass is 10.1. The Kier molecular flexibility index (Phi) is 8.87. The van der Waals surface area contributed by atoms with Gasteiger partial charge in [-0.2, -0.15) is 0 Å². The summed E-state index contributed by atoms with van der Waals surface area (Å²) in [6.07, 6.45) is 2.76. The Balaban J connectivity index is 3.74. The lowest BCUT2D eigenvalue weighted by molar-refractivity contribution is -0.121. The van der Waals surface area contributed by atoms with Gasteiger partial charge < -0.3 is 16.4 Å². The molecule has 0 saturated carbocycles. The molecule has 1 atom stereocenters. The third kappa shape index (κ3) is 10.3. The maximum absolute atomic E-state index is 11.3. The summed E-state index contributed by atoms with van der Waals surface area (Å²) in [5, 5.41) is 5.95. The quantitative estimate of drug-likeness (QED) is 0.410. The van der Waals surface area contributed by atoms with E-state index in [1.807, 2.05) is 20.8 Å². The number of rotatable bonds is 10. The molecule has 4 N–H and O–H groups in total. The van der Waals surface area contributed by atoms with Crippen molar-refractivity contribution >= 4 is 11.8 Å². The molecule has 0 aromatic heterocycles. The van der Waals surface area contributed by atoms with Crippen LogP contribution in [0, 0.1) is 0 Å². The van der Waals surface area contributed by atoms with Gasteiger partial charge in [-0.1, -0.05) is 26.0 Å². The number of hydrogen-bond acceptors (Lipinski definition) is 3. The Hall–Kier alpha value is -1.36. The molecule has 0 aromatic carbocycles. The van der Waals surface area contributed by atoms with Crippen LogP contribution in [0.2, 0.25) is 0 Å². The van der Waals surface area contributed by atoms with Crippen molar-refractivity contribution < 1.29 is 9.59 Å². The van der Waals surface area contributed by atoms with E-state index in [4.69, 9.17) is 5.73 Å². The summed E-state index contributed by atoms with van der Waals surface area (Å²) in [6.45, 7) is 10.1. The molecule has 2 amide bonds. The van der Waals surface area contributed by atoms with E-state index < -0.39 is 0 Å². The van der Waals surface area contributed by atoms with Crippen LogP contribution in [0.4, 0.5) is 0 Å². The predicted octanol–water partition coefficient (Wildman–Crippen LogP) is 1.09. The van der Waals surface area contributed by atoms with Gasteiger partial charge in [-0.15, -0.1) is 0 Å². The zero-order valence-corrected chi connectivity index (χ0v) is 12.3. The Morgan fingerprint density at radius 3 is 2.37 bits per heavy atom. The zero-order valence-electron chi connectivity index (χ0n) is 12.3. The van der Waals surface area contributed by atoms with Gasteiger partial charge in [-0.25, -0.2) is 0 Å². The number of nitrogens with one attached hydrogen (secondary N) is 2. The van der Waals surface area contributed by atoms with Crippen molar-refractivity contribution in [3.8, 4) is 0 Å². The molecule has 0 aliphatic heterocycles. The van der Waals surface area contributed by atoms with Crippen molar-refractivity contribution in [1.82, 2.24) is 10.6 Å². The normalized spacial score (nSPS) is 12.2. The van der Waals surface area contributed by atoms with E-state index in [9.17, 15) is 9.59 Å². The largest absolute Gasteiger partial charge is 0.368 e. The van der Waals surface area contributed by atoms with Gasteiger partial charge in [0.2, 0.25) is 11.8 Å². The van der Waals surface area contributed by atoms with Gasteiger partial charge in [0.25, 0.3) is 0 Å². The summed E-state index contributed by atoms with van der Waals surface area (Å²) in [6, 6.07) is -0.0566. The van der Waals surface area contributed by atoms with Gasteiger partial charge >= 0.3 is 0 Å². The molecule has 110 valence electrons. The minimum atomic E-state index is -0.319. The molecule has 5 heteroatoms. The topological polar surface area (TPSA) is 84.2 Å². The van der Waals surface area contributed by atoms with Crippen molar-refractivity contribution in [2.24, 2.45) is 5.73 Å². The first kappa shape index (κ1) is 17.6. The van der Waals surface area contributed by atoms with Crippen LogP contribution in [-0.2, 0) is 9.59 Å². The summed E-state index contributed by atoms with van der Waals surface area (Å²) in [5.74, 6) is -0.320. The van der Waals surface area contributed by atoms with Crippen LogP contribution in [0.25, 0.3) is 0 Å². The van der Waals surface area contributed by atoms with Gasteiger partial charge in [0, 0.05) is 19.0 Å². The molecule has 0 heterocycles. The van der Waals surface area contributed by atoms with Gasteiger partial charge in [0.15, 0.2) is 0 Å². The molecule has 0 radical (unpaired) electrons. The molecule has 0 aliphatic rings. The summed E-state index contributed by atoms with van der Waals surface area (Å²) in [7, 11) is 0. The minimum Gasteiger partial charge on any atom is -0.368 e. The second-order valence-corrected chi connectivity index (χ2v) is 5.26. The van der Waals surface area contributed by atoms with Crippen LogP contribution >= 0.6 is 0 Å². The van der Waals surface area contributed by atoms with Crippen molar-refractivity contribution in [1.29, 1.82) is 0 Å². The predicted molar refractivity (Wildman–Crippen MR) is 77.5 cm³/mol. The lowest BCUT2D eigenvalue weighted by Crippen LogP contribution is -2.44. The second kappa shape index (κ2) is 9.55. The lowest BCUT2D eigenvalue weighted by Gasteiger charge is -2.18. The molecular formula is C14H27N3O2. The average molecular weight is 269 g/mol. The Morgan fingerprint density at radius 2 is 1.89 bits per heavy atom. The molecule has 0 bridgehead atoms. The van der Waals surface area contributed by atoms with E-state index in [-0.39, 0.29) is 23.9 Å². The van der Waals surface area contributed by atoms with Gasteiger partial charge in [-0.3, -0.25) is 9.59 Å². The number of carbonyl (C=O) groups excluding carboxylic acids is 2. The summed E-state index contributed by atoms with van der Waals surface area (Å²) in [4.78, 5) is 22.6. The van der Waals surface area contributed by atoms with E-state index in [2.05, 4.69) is 17.2 Å². The Morgan fingerprint density at radius 1 is 1.26 bits per heavy atom. The highest BCUT2D eigenvalue weighted by Gasteiger charge is 2.15. The van der Waals surface area contributed by atoms with Crippen LogP contribution in [0.5, 0.6) is 0 Å². The van der Waals surface area contributed by atoms with Crippen molar-refractivity contribution in [3.63, 3.8) is 0 Å². The van der Waals surface area contributed by atoms with Crippen LogP contribution < -0.4 is 16.4 Å². The fourth-order valence-corrected chi connectivity index (χ4v) is 1.75. The highest BCUT2D eigenvalue weighted by molar-refractivity contribution is 5.79. The molecule has 1 unspecified atom stereocenters. The highest BCUT2D eigenvalue weighted by atomic mass is 16.2. The molecule has 5 nitrogen and oxygen atoms in total. The number of nitrogens with two attached hydrogens (primary N) is 1. The van der Waals surface area contributed by atoms with Crippen molar-refractivity contribution in [2.75, 3.05) is 6.54 Å².